The minimum absolute atomic E-state index is 0.0766. The first kappa shape index (κ1) is 27.3. The monoisotopic (exact) mass is 573 g/mol. The molecule has 3 aromatic rings. The van der Waals surface area contributed by atoms with Crippen molar-refractivity contribution in [1.29, 1.82) is 0 Å². The number of sulfonamides is 1. The summed E-state index contributed by atoms with van der Waals surface area (Å²) in [6.07, 6.45) is 7.53. The zero-order valence-electron chi connectivity index (χ0n) is 21.9. The molecule has 2 aliphatic heterocycles. The summed E-state index contributed by atoms with van der Waals surface area (Å²) < 4.78 is 43.5. The van der Waals surface area contributed by atoms with Gasteiger partial charge in [0.05, 0.1) is 49.0 Å². The van der Waals surface area contributed by atoms with Gasteiger partial charge in [0.15, 0.2) is 5.75 Å². The topological polar surface area (TPSA) is 124 Å². The molecular formula is C26H31N5O6S2. The SMILES string of the molecule is COC(=O)CCS(=O)(=O)N1CC=C(c2ccc3nc(OC4CCN(c5ncc(OC)cn5)CC4)sc3c2)CC1. The minimum atomic E-state index is -3.51. The minimum Gasteiger partial charge on any atom is -0.494 e. The Morgan fingerprint density at radius 3 is 2.56 bits per heavy atom. The molecule has 5 rings (SSSR count). The molecule has 208 valence electrons. The van der Waals surface area contributed by atoms with Crippen LogP contribution < -0.4 is 14.4 Å². The molecule has 0 amide bonds. The van der Waals surface area contributed by atoms with Gasteiger partial charge in [-0.05, 0) is 29.7 Å². The highest BCUT2D eigenvalue weighted by Gasteiger charge is 2.26. The average Bonchev–Trinajstić information content (AvgIpc) is 3.38. The number of aromatic nitrogens is 3. The van der Waals surface area contributed by atoms with Gasteiger partial charge >= 0.3 is 5.97 Å². The van der Waals surface area contributed by atoms with Crippen molar-refractivity contribution in [3.63, 3.8) is 0 Å². The van der Waals surface area contributed by atoms with Gasteiger partial charge in [-0.2, -0.15) is 4.31 Å². The summed E-state index contributed by atoms with van der Waals surface area (Å²) in [4.78, 5) is 26.9. The Bertz CT molecular complexity index is 1450. The fourth-order valence-electron chi connectivity index (χ4n) is 4.66. The van der Waals surface area contributed by atoms with E-state index in [9.17, 15) is 13.2 Å². The molecule has 4 heterocycles. The Hall–Kier alpha value is -3.29. The first-order valence-corrected chi connectivity index (χ1v) is 15.2. The third kappa shape index (κ3) is 6.48. The summed E-state index contributed by atoms with van der Waals surface area (Å²) in [6, 6.07) is 6.10. The van der Waals surface area contributed by atoms with Gasteiger partial charge in [0.1, 0.15) is 6.10 Å². The largest absolute Gasteiger partial charge is 0.494 e. The first-order valence-electron chi connectivity index (χ1n) is 12.8. The van der Waals surface area contributed by atoms with Crippen molar-refractivity contribution in [3.8, 4) is 10.9 Å². The summed E-state index contributed by atoms with van der Waals surface area (Å²) in [7, 11) is -0.665. The molecular weight excluding hydrogens is 542 g/mol. The molecule has 1 aromatic carbocycles. The summed E-state index contributed by atoms with van der Waals surface area (Å²) >= 11 is 1.52. The third-order valence-electron chi connectivity index (χ3n) is 6.94. The Labute approximate surface area is 231 Å². The van der Waals surface area contributed by atoms with Crippen LogP contribution in [0.25, 0.3) is 15.8 Å². The number of esters is 1. The van der Waals surface area contributed by atoms with Crippen molar-refractivity contribution in [1.82, 2.24) is 19.3 Å². The van der Waals surface area contributed by atoms with E-state index in [1.54, 1.807) is 19.5 Å². The lowest BCUT2D eigenvalue weighted by Crippen LogP contribution is -2.39. The van der Waals surface area contributed by atoms with Gasteiger partial charge in [0, 0.05) is 39.0 Å². The molecule has 13 heteroatoms. The average molecular weight is 574 g/mol. The molecule has 1 saturated heterocycles. The number of nitrogens with zero attached hydrogens (tertiary/aromatic N) is 5. The quantitative estimate of drug-likeness (QED) is 0.353. The van der Waals surface area contributed by atoms with Crippen molar-refractivity contribution < 1.29 is 27.4 Å². The molecule has 0 aliphatic carbocycles. The van der Waals surface area contributed by atoms with E-state index < -0.39 is 16.0 Å². The van der Waals surface area contributed by atoms with Gasteiger partial charge in [-0.15, -0.1) is 0 Å². The van der Waals surface area contributed by atoms with Gasteiger partial charge in [0.2, 0.25) is 16.0 Å². The van der Waals surface area contributed by atoms with E-state index in [-0.39, 0.29) is 24.8 Å². The maximum atomic E-state index is 12.6. The number of rotatable bonds is 9. The van der Waals surface area contributed by atoms with Crippen LogP contribution in [0, 0.1) is 0 Å². The standard InChI is InChI=1S/C26H31N5O6S2/c1-35-21-16-27-25(28-17-21)30-10-7-20(8-11-30)37-26-29-22-4-3-19(15-23(22)38-26)18-5-12-31(13-6-18)39(33,34)14-9-24(32)36-2/h3-5,15-17,20H,6-14H2,1-2H3. The van der Waals surface area contributed by atoms with Gasteiger partial charge in [0.25, 0.3) is 5.19 Å². The zero-order valence-corrected chi connectivity index (χ0v) is 23.5. The van der Waals surface area contributed by atoms with Gasteiger partial charge in [-0.25, -0.2) is 23.4 Å². The molecule has 0 atom stereocenters. The van der Waals surface area contributed by atoms with E-state index in [1.807, 2.05) is 18.2 Å². The molecule has 0 N–H and O–H groups in total. The van der Waals surface area contributed by atoms with E-state index in [1.165, 1.54) is 22.8 Å². The highest BCUT2D eigenvalue weighted by molar-refractivity contribution is 7.89. The van der Waals surface area contributed by atoms with Gasteiger partial charge in [-0.3, -0.25) is 4.79 Å². The second-order valence-corrected chi connectivity index (χ2v) is 12.5. The number of benzene rings is 1. The molecule has 1 fully saturated rings. The number of methoxy groups -OCH3 is 2. The summed E-state index contributed by atoms with van der Waals surface area (Å²) in [5, 5.41) is 0.654. The Morgan fingerprint density at radius 2 is 1.90 bits per heavy atom. The molecule has 0 bridgehead atoms. The highest BCUT2D eigenvalue weighted by Crippen LogP contribution is 2.33. The van der Waals surface area contributed by atoms with Crippen molar-refractivity contribution in [2.45, 2.75) is 31.8 Å². The van der Waals surface area contributed by atoms with Crippen LogP contribution in [0.2, 0.25) is 0 Å². The number of piperidine rings is 1. The van der Waals surface area contributed by atoms with Crippen LogP contribution in [0.15, 0.2) is 36.7 Å². The number of carbonyl (C=O) groups excluding carboxylic acids is 1. The van der Waals surface area contributed by atoms with Crippen LogP contribution in [0.1, 0.15) is 31.2 Å². The predicted molar refractivity (Wildman–Crippen MR) is 149 cm³/mol. The molecule has 0 radical (unpaired) electrons. The number of thiazole rings is 1. The lowest BCUT2D eigenvalue weighted by Gasteiger charge is -2.31. The van der Waals surface area contributed by atoms with Crippen molar-refractivity contribution in [2.24, 2.45) is 0 Å². The maximum Gasteiger partial charge on any atom is 0.306 e. The fraction of sp³-hybridized carbons (Fsp3) is 0.462. The Kier molecular flexibility index (Phi) is 8.29. The van der Waals surface area contributed by atoms with Crippen LogP contribution in [-0.4, -0.2) is 85.9 Å². The van der Waals surface area contributed by atoms with Crippen LogP contribution in [-0.2, 0) is 19.6 Å². The van der Waals surface area contributed by atoms with Crippen molar-refractivity contribution in [2.75, 3.05) is 51.1 Å². The Morgan fingerprint density at radius 1 is 1.13 bits per heavy atom. The molecule has 39 heavy (non-hydrogen) atoms. The molecule has 0 unspecified atom stereocenters. The van der Waals surface area contributed by atoms with E-state index in [2.05, 4.69) is 30.7 Å². The second-order valence-electron chi connectivity index (χ2n) is 9.37. The van der Waals surface area contributed by atoms with Crippen LogP contribution >= 0.6 is 11.3 Å². The summed E-state index contributed by atoms with van der Waals surface area (Å²) in [5.74, 6) is 0.563. The normalized spacial score (nSPS) is 17.2. The maximum absolute atomic E-state index is 12.6. The lowest BCUT2D eigenvalue weighted by molar-refractivity contribution is -0.140. The van der Waals surface area contributed by atoms with Crippen LogP contribution in [0.3, 0.4) is 0 Å². The molecule has 0 saturated carbocycles. The number of hydrogen-bond donors (Lipinski definition) is 0. The highest BCUT2D eigenvalue weighted by atomic mass is 32.2. The molecule has 2 aromatic heterocycles. The van der Waals surface area contributed by atoms with E-state index in [4.69, 9.17) is 9.47 Å². The van der Waals surface area contributed by atoms with Crippen LogP contribution in [0.4, 0.5) is 5.95 Å². The van der Waals surface area contributed by atoms with E-state index >= 15 is 0 Å². The van der Waals surface area contributed by atoms with Gasteiger partial charge < -0.3 is 19.1 Å². The fourth-order valence-corrected chi connectivity index (χ4v) is 6.93. The van der Waals surface area contributed by atoms with E-state index in [0.29, 0.717) is 29.9 Å². The zero-order chi connectivity index (χ0) is 27.4. The lowest BCUT2D eigenvalue weighted by atomic mass is 10.0. The van der Waals surface area contributed by atoms with Crippen molar-refractivity contribution in [3.05, 3.63) is 42.2 Å². The Balaban J connectivity index is 1.17. The second kappa shape index (κ2) is 11.8. The van der Waals surface area contributed by atoms with Crippen molar-refractivity contribution >= 4 is 49.1 Å². The third-order valence-corrected chi connectivity index (χ3v) is 9.69. The number of carbonyl (C=O) groups is 1. The number of anilines is 1. The number of fused-ring (bicyclic) bond motifs is 1. The number of ether oxygens (including phenoxy) is 3. The molecule has 0 spiro atoms. The summed E-state index contributed by atoms with van der Waals surface area (Å²) in [6.45, 7) is 2.27. The number of hydrogen-bond acceptors (Lipinski definition) is 11. The van der Waals surface area contributed by atoms with Crippen LogP contribution in [0.5, 0.6) is 10.9 Å². The molecule has 2 aliphatic rings. The van der Waals surface area contributed by atoms with Gasteiger partial charge in [-0.1, -0.05) is 23.5 Å². The smallest absolute Gasteiger partial charge is 0.306 e. The van der Waals surface area contributed by atoms with E-state index in [0.717, 1.165) is 47.3 Å². The summed E-state index contributed by atoms with van der Waals surface area (Å²) in [5.41, 5.74) is 3.03. The molecule has 11 nitrogen and oxygen atoms in total. The first-order chi connectivity index (χ1) is 18.8. The predicted octanol–water partition coefficient (Wildman–Crippen LogP) is 3.12.